The number of hydrogen-bond acceptors (Lipinski definition) is 15. The zero-order chi connectivity index (χ0) is 38.7. The van der Waals surface area contributed by atoms with Gasteiger partial charge in [-0.3, -0.25) is 19.3 Å². The van der Waals surface area contributed by atoms with E-state index in [2.05, 4.69) is 36.1 Å². The van der Waals surface area contributed by atoms with Crippen LogP contribution >= 0.6 is 46.3 Å². The lowest BCUT2D eigenvalue weighted by atomic mass is 10.00. The predicted molar refractivity (Wildman–Crippen MR) is 196 cm³/mol. The Labute approximate surface area is 324 Å². The number of nitrogens with one attached hydrogen (secondary N) is 2. The van der Waals surface area contributed by atoms with Gasteiger partial charge in [-0.1, -0.05) is 39.7 Å². The van der Waals surface area contributed by atoms with Crippen molar-refractivity contribution in [2.45, 2.75) is 49.7 Å². The first-order chi connectivity index (χ1) is 25.6. The molecule has 0 radical (unpaired) electrons. The van der Waals surface area contributed by atoms with Crippen LogP contribution in [-0.2, 0) is 19.2 Å². The normalized spacial score (nSPS) is 24.2. The number of piperazine rings is 1. The maximum Gasteiger partial charge on any atom is 0.350 e. The molecule has 54 heavy (non-hydrogen) atoms. The fourth-order valence-electron chi connectivity index (χ4n) is 7.22. The highest BCUT2D eigenvalue weighted by molar-refractivity contribution is 8.00. The van der Waals surface area contributed by atoms with Crippen molar-refractivity contribution in [2.75, 3.05) is 44.2 Å². The lowest BCUT2D eigenvalue weighted by Crippen LogP contribution is -2.70. The summed E-state index contributed by atoms with van der Waals surface area (Å²) in [6.45, 7) is 5.39. The molecule has 0 saturated carbocycles. The maximum absolute atomic E-state index is 13.9. The van der Waals surface area contributed by atoms with Crippen LogP contribution in [0.3, 0.4) is 0 Å². The first-order valence-electron chi connectivity index (χ1n) is 16.6. The van der Waals surface area contributed by atoms with Gasteiger partial charge in [-0.15, -0.1) is 16.9 Å². The molecular weight excluding hydrogens is 789 g/mol. The molecule has 0 aliphatic carbocycles. The average Bonchev–Trinajstić information content (AvgIpc) is 3.89. The number of aromatic amines is 1. The molecule has 0 bridgehead atoms. The smallest absolute Gasteiger partial charge is 0.350 e. The Morgan fingerprint density at radius 1 is 1.24 bits per heavy atom. The number of nitrogens with two attached hydrogens (primary N) is 1. The van der Waals surface area contributed by atoms with Crippen molar-refractivity contribution in [3.8, 4) is 11.5 Å². The molecule has 0 unspecified atom stereocenters. The molecule has 7 N–H and O–H groups in total. The second-order valence-electron chi connectivity index (χ2n) is 13.7. The number of thiazole rings is 1. The number of carboxylic acids is 1. The zero-order valence-electron chi connectivity index (χ0n) is 28.7. The number of aliphatic carboxylic acids is 1. The molecule has 286 valence electrons. The van der Waals surface area contributed by atoms with Gasteiger partial charge < -0.3 is 40.6 Å². The SMILES string of the molecule is CC(C)(O/N=C(\C(=O)N[C@@H]1C(=O)N2C(c3nnn[nH]3)=C(C[N@+]34CCC[C@H]3CN(C(=O)c3ccc(O)c(O)c3Cl)CC4)CS[C@H]12)c1nc(N)sc1Cl)C(=O)O. The number of hydrogen-bond donors (Lipinski definition) is 6. The van der Waals surface area contributed by atoms with Gasteiger partial charge in [0.15, 0.2) is 28.2 Å². The van der Waals surface area contributed by atoms with Gasteiger partial charge in [0.1, 0.15) is 34.0 Å². The summed E-state index contributed by atoms with van der Waals surface area (Å²) in [5.74, 6) is -3.19. The minimum Gasteiger partial charge on any atom is -0.504 e. The number of phenolic OH excluding ortho intramolecular Hbond substituents is 2. The number of carbonyl (C=O) groups excluding carboxylic acids is 3. The van der Waals surface area contributed by atoms with Gasteiger partial charge in [0.2, 0.25) is 5.60 Å². The number of thioether (sulfide) groups is 1. The molecule has 3 amide bonds. The zero-order valence-corrected chi connectivity index (χ0v) is 31.8. The van der Waals surface area contributed by atoms with Crippen molar-refractivity contribution in [3.63, 3.8) is 0 Å². The van der Waals surface area contributed by atoms with Crippen LogP contribution in [0.1, 0.15) is 48.6 Å². The van der Waals surface area contributed by atoms with Crippen LogP contribution in [0.4, 0.5) is 5.13 Å². The monoisotopic (exact) mass is 822 g/mol. The van der Waals surface area contributed by atoms with Crippen LogP contribution in [0.5, 0.6) is 11.5 Å². The average molecular weight is 824 g/mol. The fourth-order valence-corrected chi connectivity index (χ4v) is 9.72. The van der Waals surface area contributed by atoms with Crippen LogP contribution in [0.2, 0.25) is 9.36 Å². The van der Waals surface area contributed by atoms with Gasteiger partial charge in [-0.2, -0.15) is 0 Å². The maximum atomic E-state index is 13.9. The van der Waals surface area contributed by atoms with E-state index >= 15 is 0 Å². The van der Waals surface area contributed by atoms with E-state index in [1.54, 1.807) is 9.80 Å². The largest absolute Gasteiger partial charge is 0.504 e. The quantitative estimate of drug-likeness (QED) is 0.0557. The summed E-state index contributed by atoms with van der Waals surface area (Å²) in [6.07, 6.45) is 1.79. The molecule has 3 aromatic rings. The number of amides is 3. The van der Waals surface area contributed by atoms with Crippen LogP contribution in [0.25, 0.3) is 5.70 Å². The molecule has 3 fully saturated rings. The van der Waals surface area contributed by atoms with Crippen LogP contribution < -0.4 is 11.1 Å². The van der Waals surface area contributed by atoms with Gasteiger partial charge in [0, 0.05) is 24.2 Å². The van der Waals surface area contributed by atoms with Gasteiger partial charge in [-0.25, -0.2) is 14.9 Å². The summed E-state index contributed by atoms with van der Waals surface area (Å²) in [5.41, 5.74) is 4.94. The number of oxime groups is 1. The van der Waals surface area contributed by atoms with Crippen molar-refractivity contribution >= 4 is 86.5 Å². The van der Waals surface area contributed by atoms with E-state index in [1.165, 1.54) is 37.7 Å². The number of β-lactam (4-membered cyclic amide) rings is 1. The van der Waals surface area contributed by atoms with Crippen LogP contribution in [0, 0.1) is 0 Å². The van der Waals surface area contributed by atoms with Crippen molar-refractivity contribution in [1.82, 2.24) is 40.7 Å². The molecule has 3 saturated heterocycles. The third-order valence-electron chi connectivity index (χ3n) is 10.1. The van der Waals surface area contributed by atoms with E-state index in [0.29, 0.717) is 42.1 Å². The summed E-state index contributed by atoms with van der Waals surface area (Å²) in [5, 5.41) is 49.6. The number of quaternary nitrogens is 1. The number of carbonyl (C=O) groups is 4. The van der Waals surface area contributed by atoms with Gasteiger partial charge in [-0.05, 0) is 36.4 Å². The Morgan fingerprint density at radius 3 is 2.70 bits per heavy atom. The Bertz CT molecular complexity index is 2110. The van der Waals surface area contributed by atoms with Gasteiger partial charge >= 0.3 is 5.97 Å². The van der Waals surface area contributed by atoms with Crippen LogP contribution in [-0.4, -0.2) is 146 Å². The minimum absolute atomic E-state index is 0.0146. The Balaban J connectivity index is 1.12. The van der Waals surface area contributed by atoms with E-state index in [9.17, 15) is 34.5 Å². The molecule has 1 aromatic carbocycles. The lowest BCUT2D eigenvalue weighted by molar-refractivity contribution is -0.938. The number of phenols is 2. The number of halogens is 2. The number of anilines is 1. The third-order valence-corrected chi connectivity index (χ3v) is 12.9. The second kappa shape index (κ2) is 14.2. The molecule has 2 aromatic heterocycles. The number of H-pyrrole nitrogens is 1. The Kier molecular flexibility index (Phi) is 9.88. The first kappa shape index (κ1) is 37.6. The summed E-state index contributed by atoms with van der Waals surface area (Å²) in [4.78, 5) is 65.4. The highest BCUT2D eigenvalue weighted by Gasteiger charge is 2.56. The number of rotatable bonds is 10. The minimum atomic E-state index is -1.81. The number of benzene rings is 1. The summed E-state index contributed by atoms with van der Waals surface area (Å²) in [6, 6.07) is 1.69. The standard InChI is InChI=1S/C31H33Cl2N11O8S2/c1-31(2,29(50)51)52-39-19(18-23(33)54-30(34)36-18)25(47)35-20-27(49)43-21(24-37-40-41-38-24)13(12-53-28(20)43)11-44-8-3-4-14(44)10-42(7-9-44)26(48)15-5-6-16(45)22(46)17(15)32/h5-6,14,20,28H,3-4,7-12H2,1-2H3,(H6-,34,35,36,37,38,39,40,41,45,46,47,48,50,51)/p+1/t14-,20+,28+,44+/m0/s1. The number of nitrogen functional groups attached to an aromatic ring is 1. The number of carboxylic acid groups (broad SMARTS) is 1. The predicted octanol–water partition coefficient (Wildman–Crippen LogP) is 1.49. The molecule has 7 rings (SSSR count). The van der Waals surface area contributed by atoms with Crippen molar-refractivity contribution < 1.29 is 43.8 Å². The van der Waals surface area contributed by atoms with E-state index < -0.39 is 52.0 Å². The van der Waals surface area contributed by atoms with Crippen molar-refractivity contribution in [2.24, 2.45) is 5.16 Å². The Hall–Kier alpha value is -4.70. The van der Waals surface area contributed by atoms with E-state index in [1.807, 2.05) is 0 Å². The van der Waals surface area contributed by atoms with Gasteiger partial charge in [0.05, 0.1) is 42.5 Å². The lowest BCUT2D eigenvalue weighted by Gasteiger charge is -2.52. The number of aromatic hydroxyl groups is 2. The molecule has 19 nitrogen and oxygen atoms in total. The molecule has 4 aliphatic heterocycles. The van der Waals surface area contributed by atoms with Crippen molar-refractivity contribution in [1.29, 1.82) is 0 Å². The van der Waals surface area contributed by atoms with E-state index in [-0.39, 0.29) is 43.5 Å². The van der Waals surface area contributed by atoms with Crippen LogP contribution in [0.15, 0.2) is 22.9 Å². The fraction of sp³-hybridized carbons (Fsp3) is 0.452. The third kappa shape index (κ3) is 6.56. The summed E-state index contributed by atoms with van der Waals surface area (Å²) in [7, 11) is 0. The number of aromatic nitrogens is 5. The van der Waals surface area contributed by atoms with Crippen molar-refractivity contribution in [3.05, 3.63) is 44.1 Å². The molecule has 0 spiro atoms. The Morgan fingerprint density at radius 2 is 2.02 bits per heavy atom. The second-order valence-corrected chi connectivity index (χ2v) is 16.9. The number of tetrazole rings is 1. The number of nitrogens with zero attached hydrogens (tertiary/aromatic N) is 8. The molecule has 4 aliphatic rings. The molecular formula is C31H34Cl2N11O8S2+. The highest BCUT2D eigenvalue weighted by Crippen LogP contribution is 2.45. The number of fused-ring (bicyclic) bond motifs is 2. The molecule has 4 atom stereocenters. The first-order valence-corrected chi connectivity index (χ1v) is 19.2. The highest BCUT2D eigenvalue weighted by atomic mass is 35.5. The topological polar surface area (TPSA) is 262 Å². The van der Waals surface area contributed by atoms with E-state index in [4.69, 9.17) is 33.8 Å². The summed E-state index contributed by atoms with van der Waals surface area (Å²) >= 11 is 14.8. The molecule has 6 heterocycles. The summed E-state index contributed by atoms with van der Waals surface area (Å²) < 4.78 is 0.691. The van der Waals surface area contributed by atoms with Gasteiger partial charge in [0.25, 0.3) is 17.7 Å². The molecule has 23 heteroatoms. The van der Waals surface area contributed by atoms with E-state index in [0.717, 1.165) is 36.3 Å².